The van der Waals surface area contributed by atoms with Crippen molar-refractivity contribution in [2.24, 2.45) is 0 Å². The van der Waals surface area contributed by atoms with Crippen molar-refractivity contribution in [1.29, 1.82) is 0 Å². The second-order valence-corrected chi connectivity index (χ2v) is 7.36. The highest BCUT2D eigenvalue weighted by Gasteiger charge is 2.23. The molecule has 0 aliphatic rings. The predicted molar refractivity (Wildman–Crippen MR) is 115 cm³/mol. The van der Waals surface area contributed by atoms with Gasteiger partial charge in [-0.2, -0.15) is 0 Å². The summed E-state index contributed by atoms with van der Waals surface area (Å²) in [5.74, 6) is -0.448. The molecule has 0 saturated heterocycles. The fourth-order valence-electron chi connectivity index (χ4n) is 3.34. The predicted octanol–water partition coefficient (Wildman–Crippen LogP) is 4.96. The zero-order chi connectivity index (χ0) is 21.4. The van der Waals surface area contributed by atoms with Crippen LogP contribution in [0.3, 0.4) is 0 Å². The number of hydrogen-bond donors (Lipinski definition) is 0. The Labute approximate surface area is 173 Å². The molecule has 0 fully saturated rings. The monoisotopic (exact) mass is 403 g/mol. The summed E-state index contributed by atoms with van der Waals surface area (Å²) in [6.45, 7) is 3.76. The van der Waals surface area contributed by atoms with E-state index in [9.17, 15) is 9.59 Å². The average molecular weight is 403 g/mol. The third kappa shape index (κ3) is 3.48. The van der Waals surface area contributed by atoms with Crippen LogP contribution < -0.4 is 15.1 Å². The van der Waals surface area contributed by atoms with Crippen LogP contribution in [0.15, 0.2) is 68.4 Å². The standard InChI is InChI=1S/C24H21NO5/c1-14-12-15(2)21-18(13-14)20(26)23(22(29-21)19-6-5-11-28-19)30-24(27)16-7-9-17(10-8-16)25(3)4/h5-13H,1-4H3. The van der Waals surface area contributed by atoms with Gasteiger partial charge in [0, 0.05) is 19.8 Å². The number of furan rings is 1. The first-order chi connectivity index (χ1) is 14.3. The van der Waals surface area contributed by atoms with E-state index in [0.717, 1.165) is 16.8 Å². The number of aryl methyl sites for hydroxylation is 2. The van der Waals surface area contributed by atoms with E-state index in [1.807, 2.05) is 38.9 Å². The molecular weight excluding hydrogens is 382 g/mol. The number of ether oxygens (including phenoxy) is 1. The largest absolute Gasteiger partial charge is 0.461 e. The van der Waals surface area contributed by atoms with Crippen LogP contribution in [0.5, 0.6) is 5.75 Å². The molecule has 152 valence electrons. The lowest BCUT2D eigenvalue weighted by molar-refractivity contribution is 0.0731. The number of anilines is 1. The molecule has 0 unspecified atom stereocenters. The molecule has 0 amide bonds. The summed E-state index contributed by atoms with van der Waals surface area (Å²) in [4.78, 5) is 28.0. The zero-order valence-corrected chi connectivity index (χ0v) is 17.2. The quantitative estimate of drug-likeness (QED) is 0.449. The first kappa shape index (κ1) is 19.5. The van der Waals surface area contributed by atoms with Gasteiger partial charge in [-0.15, -0.1) is 0 Å². The number of esters is 1. The van der Waals surface area contributed by atoms with Gasteiger partial charge in [-0.05, 0) is 67.4 Å². The Morgan fingerprint density at radius 1 is 1.03 bits per heavy atom. The van der Waals surface area contributed by atoms with E-state index in [4.69, 9.17) is 13.6 Å². The van der Waals surface area contributed by atoms with Gasteiger partial charge in [0.05, 0.1) is 17.2 Å². The molecule has 0 N–H and O–H groups in total. The van der Waals surface area contributed by atoms with Crippen molar-refractivity contribution in [3.05, 3.63) is 81.7 Å². The molecule has 0 bridgehead atoms. The molecule has 2 heterocycles. The van der Waals surface area contributed by atoms with Crippen molar-refractivity contribution in [2.45, 2.75) is 13.8 Å². The molecule has 30 heavy (non-hydrogen) atoms. The Morgan fingerprint density at radius 2 is 1.77 bits per heavy atom. The first-order valence-electron chi connectivity index (χ1n) is 9.46. The van der Waals surface area contributed by atoms with Gasteiger partial charge in [0.2, 0.25) is 16.9 Å². The second-order valence-electron chi connectivity index (χ2n) is 7.36. The van der Waals surface area contributed by atoms with Gasteiger partial charge in [-0.1, -0.05) is 6.07 Å². The van der Waals surface area contributed by atoms with Gasteiger partial charge in [0.25, 0.3) is 0 Å². The number of benzene rings is 2. The summed E-state index contributed by atoms with van der Waals surface area (Å²) in [5, 5.41) is 0.355. The minimum atomic E-state index is -0.649. The molecule has 0 aliphatic heterocycles. The molecular formula is C24H21NO5. The Morgan fingerprint density at radius 3 is 2.40 bits per heavy atom. The highest BCUT2D eigenvalue weighted by Crippen LogP contribution is 2.33. The van der Waals surface area contributed by atoms with Crippen LogP contribution >= 0.6 is 0 Å². The number of carbonyl (C=O) groups is 1. The van der Waals surface area contributed by atoms with E-state index in [0.29, 0.717) is 22.3 Å². The second kappa shape index (κ2) is 7.55. The van der Waals surface area contributed by atoms with E-state index in [-0.39, 0.29) is 11.5 Å². The third-order valence-corrected chi connectivity index (χ3v) is 4.84. The zero-order valence-electron chi connectivity index (χ0n) is 17.2. The van der Waals surface area contributed by atoms with Crippen LogP contribution in [0.4, 0.5) is 5.69 Å². The molecule has 6 heteroatoms. The topological polar surface area (TPSA) is 72.9 Å². The summed E-state index contributed by atoms with van der Waals surface area (Å²) < 4.78 is 17.0. The fourth-order valence-corrected chi connectivity index (χ4v) is 3.34. The maximum Gasteiger partial charge on any atom is 0.343 e. The molecule has 6 nitrogen and oxygen atoms in total. The minimum Gasteiger partial charge on any atom is -0.461 e. The van der Waals surface area contributed by atoms with Crippen LogP contribution in [0.1, 0.15) is 21.5 Å². The number of hydrogen-bond acceptors (Lipinski definition) is 6. The summed E-state index contributed by atoms with van der Waals surface area (Å²) >= 11 is 0. The van der Waals surface area contributed by atoms with Gasteiger partial charge < -0.3 is 18.5 Å². The molecule has 0 radical (unpaired) electrons. The molecule has 2 aromatic carbocycles. The number of carbonyl (C=O) groups excluding carboxylic acids is 1. The lowest BCUT2D eigenvalue weighted by Crippen LogP contribution is -2.17. The van der Waals surface area contributed by atoms with Crippen LogP contribution in [0.2, 0.25) is 0 Å². The van der Waals surface area contributed by atoms with Gasteiger partial charge in [-0.25, -0.2) is 4.79 Å². The Hall–Kier alpha value is -3.80. The fraction of sp³-hybridized carbons (Fsp3) is 0.167. The van der Waals surface area contributed by atoms with Crippen molar-refractivity contribution >= 4 is 22.6 Å². The maximum absolute atomic E-state index is 13.3. The molecule has 2 aromatic heterocycles. The van der Waals surface area contributed by atoms with E-state index >= 15 is 0 Å². The normalized spacial score (nSPS) is 10.9. The Bertz CT molecular complexity index is 1280. The molecule has 0 spiro atoms. The Kier molecular flexibility index (Phi) is 4.91. The molecule has 4 aromatic rings. The molecule has 0 saturated carbocycles. The smallest absolute Gasteiger partial charge is 0.343 e. The summed E-state index contributed by atoms with van der Waals surface area (Å²) in [6, 6.07) is 13.9. The lowest BCUT2D eigenvalue weighted by atomic mass is 10.1. The summed E-state index contributed by atoms with van der Waals surface area (Å²) in [5.41, 5.74) is 3.01. The average Bonchev–Trinajstić information content (AvgIpc) is 3.25. The summed E-state index contributed by atoms with van der Waals surface area (Å²) in [6.07, 6.45) is 1.47. The minimum absolute atomic E-state index is 0.0858. The van der Waals surface area contributed by atoms with Crippen LogP contribution in [0, 0.1) is 13.8 Å². The van der Waals surface area contributed by atoms with Crippen molar-refractivity contribution in [2.75, 3.05) is 19.0 Å². The maximum atomic E-state index is 13.3. The summed E-state index contributed by atoms with van der Waals surface area (Å²) in [7, 11) is 3.82. The van der Waals surface area contributed by atoms with Gasteiger partial charge in [-0.3, -0.25) is 4.79 Å². The van der Waals surface area contributed by atoms with Gasteiger partial charge in [0.15, 0.2) is 5.76 Å². The SMILES string of the molecule is Cc1cc(C)c2oc(-c3ccco3)c(OC(=O)c3ccc(N(C)C)cc3)c(=O)c2c1. The van der Waals surface area contributed by atoms with Crippen molar-refractivity contribution in [1.82, 2.24) is 0 Å². The highest BCUT2D eigenvalue weighted by molar-refractivity contribution is 5.93. The van der Waals surface area contributed by atoms with E-state index < -0.39 is 11.4 Å². The molecule has 4 rings (SSSR count). The third-order valence-electron chi connectivity index (χ3n) is 4.84. The molecule has 0 aliphatic carbocycles. The number of fused-ring (bicyclic) bond motifs is 1. The number of rotatable bonds is 4. The van der Waals surface area contributed by atoms with Crippen molar-refractivity contribution < 1.29 is 18.4 Å². The Balaban J connectivity index is 1.84. The lowest BCUT2D eigenvalue weighted by Gasteiger charge is -2.13. The van der Waals surface area contributed by atoms with Crippen LogP contribution in [0.25, 0.3) is 22.5 Å². The van der Waals surface area contributed by atoms with Crippen LogP contribution in [-0.4, -0.2) is 20.1 Å². The molecule has 0 atom stereocenters. The van der Waals surface area contributed by atoms with Gasteiger partial charge >= 0.3 is 5.97 Å². The number of nitrogens with zero attached hydrogens (tertiary/aromatic N) is 1. The van der Waals surface area contributed by atoms with Gasteiger partial charge in [0.1, 0.15) is 5.58 Å². The van der Waals surface area contributed by atoms with E-state index in [1.165, 1.54) is 6.26 Å². The first-order valence-corrected chi connectivity index (χ1v) is 9.46. The van der Waals surface area contributed by atoms with Crippen LogP contribution in [-0.2, 0) is 0 Å². The van der Waals surface area contributed by atoms with Crippen molar-refractivity contribution in [3.8, 4) is 17.3 Å². The van der Waals surface area contributed by atoms with Crippen molar-refractivity contribution in [3.63, 3.8) is 0 Å². The highest BCUT2D eigenvalue weighted by atomic mass is 16.5. The van der Waals surface area contributed by atoms with E-state index in [2.05, 4.69) is 0 Å². The van der Waals surface area contributed by atoms with E-state index in [1.54, 1.807) is 42.5 Å².